The Morgan fingerprint density at radius 3 is 2.31 bits per heavy atom. The summed E-state index contributed by atoms with van der Waals surface area (Å²) in [6.45, 7) is 3.75. The van der Waals surface area contributed by atoms with Crippen LogP contribution >= 0.6 is 12.6 Å². The highest BCUT2D eigenvalue weighted by atomic mass is 32.1. The Kier molecular flexibility index (Phi) is 19.1. The maximum Gasteiger partial charge on any atom is 0.305 e. The van der Waals surface area contributed by atoms with Gasteiger partial charge in [0.1, 0.15) is 35.7 Å². The zero-order chi connectivity index (χ0) is 45.0. The van der Waals surface area contributed by atoms with E-state index in [4.69, 9.17) is 10.5 Å². The number of hydrogen-bond acceptors (Lipinski definition) is 13. The van der Waals surface area contributed by atoms with E-state index in [0.29, 0.717) is 55.0 Å². The monoisotopic (exact) mass is 874 g/mol. The van der Waals surface area contributed by atoms with Gasteiger partial charge in [0, 0.05) is 29.6 Å². The molecule has 19 nitrogen and oxygen atoms in total. The van der Waals surface area contributed by atoms with Crippen molar-refractivity contribution in [1.29, 1.82) is 0 Å². The Morgan fingerprint density at radius 1 is 0.903 bits per heavy atom. The third kappa shape index (κ3) is 15.8. The van der Waals surface area contributed by atoms with Gasteiger partial charge in [-0.2, -0.15) is 5.10 Å². The molecule has 1 unspecified atom stereocenters. The molecule has 0 aliphatic carbocycles. The molecule has 1 aliphatic heterocycles. The van der Waals surface area contributed by atoms with E-state index >= 15 is 0 Å². The molecule has 20 heteroatoms. The molecule has 4 rings (SSSR count). The molecule has 0 saturated carbocycles. The number of carboxylic acids is 1. The summed E-state index contributed by atoms with van der Waals surface area (Å²) >= 11 is 4.39. The Hall–Kier alpha value is -6.54. The van der Waals surface area contributed by atoms with E-state index in [1.54, 1.807) is 56.5 Å². The SMILES string of the molecule is CC(C)[C@H]1NC(=O)C(CCCCN)NC(=O)CNC(=O)[C@@H](CC(=O)O)NC(=O)[C@@H](Cc2ccc(OCCCNC(=O)c3ccc(NN=Cc4ccccc4S)nc3)cc2)NC1=O. The molecule has 2 heterocycles. The molecule has 2 aromatic carbocycles. The van der Waals surface area contributed by atoms with Crippen LogP contribution in [0.5, 0.6) is 5.75 Å². The number of carboxylic acid groups (broad SMARTS) is 1. The second-order valence-corrected chi connectivity index (χ2v) is 15.2. The van der Waals surface area contributed by atoms with Gasteiger partial charge in [0.15, 0.2) is 0 Å². The van der Waals surface area contributed by atoms with Gasteiger partial charge in [-0.3, -0.25) is 39.0 Å². The fraction of sp³-hybridized carbons (Fsp3) is 0.405. The summed E-state index contributed by atoms with van der Waals surface area (Å²) in [6, 6.07) is 12.3. The van der Waals surface area contributed by atoms with Crippen molar-refractivity contribution in [1.82, 2.24) is 36.9 Å². The number of aromatic nitrogens is 1. The third-order valence-electron chi connectivity index (χ3n) is 9.50. The number of unbranched alkanes of at least 4 members (excludes halogenated alkanes) is 1. The average Bonchev–Trinajstić information content (AvgIpc) is 3.24. The first-order valence-corrected chi connectivity index (χ1v) is 20.6. The fourth-order valence-electron chi connectivity index (χ4n) is 6.10. The highest BCUT2D eigenvalue weighted by Gasteiger charge is 2.34. The van der Waals surface area contributed by atoms with Crippen LogP contribution in [-0.2, 0) is 35.2 Å². The van der Waals surface area contributed by atoms with Crippen molar-refractivity contribution in [3.05, 3.63) is 83.6 Å². The lowest BCUT2D eigenvalue weighted by Gasteiger charge is -2.27. The minimum Gasteiger partial charge on any atom is -0.494 e. The van der Waals surface area contributed by atoms with E-state index < -0.39 is 78.6 Å². The van der Waals surface area contributed by atoms with Crippen molar-refractivity contribution in [3.8, 4) is 5.75 Å². The number of hydrazone groups is 1. The van der Waals surface area contributed by atoms with Crippen LogP contribution in [0.15, 0.2) is 76.9 Å². The van der Waals surface area contributed by atoms with Crippen molar-refractivity contribution in [2.45, 2.75) is 81.4 Å². The number of hydrogen-bond donors (Lipinski definition) is 10. The van der Waals surface area contributed by atoms with Gasteiger partial charge in [0.05, 0.1) is 31.4 Å². The summed E-state index contributed by atoms with van der Waals surface area (Å²) in [5.74, 6) is -5.08. The van der Waals surface area contributed by atoms with Crippen LogP contribution in [0.25, 0.3) is 0 Å². The maximum absolute atomic E-state index is 13.7. The molecule has 3 aromatic rings. The van der Waals surface area contributed by atoms with Gasteiger partial charge in [-0.05, 0) is 74.0 Å². The van der Waals surface area contributed by atoms with Crippen LogP contribution in [-0.4, -0.2) is 108 Å². The van der Waals surface area contributed by atoms with E-state index in [2.05, 4.69) is 60.0 Å². The number of nitrogens with two attached hydrogens (primary N) is 1. The summed E-state index contributed by atoms with van der Waals surface area (Å²) in [5, 5.41) is 29.2. The van der Waals surface area contributed by atoms with Crippen LogP contribution in [0.2, 0.25) is 0 Å². The second-order valence-electron chi connectivity index (χ2n) is 14.7. The van der Waals surface area contributed by atoms with Gasteiger partial charge < -0.3 is 47.5 Å². The summed E-state index contributed by atoms with van der Waals surface area (Å²) in [5.41, 5.74) is 10.2. The number of anilines is 1. The lowest BCUT2D eigenvalue weighted by Crippen LogP contribution is -2.59. The van der Waals surface area contributed by atoms with E-state index in [9.17, 15) is 38.7 Å². The lowest BCUT2D eigenvalue weighted by atomic mass is 9.99. The Labute approximate surface area is 364 Å². The summed E-state index contributed by atoms with van der Waals surface area (Å²) in [7, 11) is 0. The smallest absolute Gasteiger partial charge is 0.305 e. The maximum atomic E-state index is 13.7. The number of nitrogens with one attached hydrogen (secondary N) is 7. The van der Waals surface area contributed by atoms with Gasteiger partial charge in [0.2, 0.25) is 29.5 Å². The molecule has 4 atom stereocenters. The third-order valence-corrected chi connectivity index (χ3v) is 9.90. The zero-order valence-corrected chi connectivity index (χ0v) is 35.4. The summed E-state index contributed by atoms with van der Waals surface area (Å²) in [6.07, 6.45) is 3.90. The highest BCUT2D eigenvalue weighted by molar-refractivity contribution is 7.80. The molecule has 1 aliphatic rings. The molecule has 1 saturated heterocycles. The minimum absolute atomic E-state index is 0.0878. The Balaban J connectivity index is 1.35. The van der Waals surface area contributed by atoms with Crippen LogP contribution in [0.1, 0.15) is 67.4 Å². The van der Waals surface area contributed by atoms with Gasteiger partial charge in [-0.15, -0.1) is 12.6 Å². The first-order chi connectivity index (χ1) is 29.7. The number of pyridine rings is 1. The van der Waals surface area contributed by atoms with E-state index in [1.165, 1.54) is 6.20 Å². The molecule has 0 spiro atoms. The molecular formula is C42H54N10O9S. The quantitative estimate of drug-likeness (QED) is 0.0369. The fourth-order valence-corrected chi connectivity index (χ4v) is 6.31. The van der Waals surface area contributed by atoms with E-state index in [1.807, 2.05) is 24.3 Å². The molecular weight excluding hydrogens is 821 g/mol. The first-order valence-electron chi connectivity index (χ1n) is 20.2. The van der Waals surface area contributed by atoms with E-state index in [-0.39, 0.29) is 25.4 Å². The predicted octanol–water partition coefficient (Wildman–Crippen LogP) is 0.886. The molecule has 1 fully saturated rings. The minimum atomic E-state index is -1.59. The van der Waals surface area contributed by atoms with Gasteiger partial charge >= 0.3 is 5.97 Å². The number of rotatable bonds is 18. The Morgan fingerprint density at radius 2 is 1.63 bits per heavy atom. The number of carbonyl (C=O) groups is 7. The molecule has 0 radical (unpaired) electrons. The number of amides is 6. The molecule has 332 valence electrons. The van der Waals surface area contributed by atoms with Gasteiger partial charge in [0.25, 0.3) is 5.91 Å². The summed E-state index contributed by atoms with van der Waals surface area (Å²) in [4.78, 5) is 96.1. The normalized spacial score (nSPS) is 19.0. The standard InChI is InChI=1S/C42H54N10O9S/c1-25(2)37-42(60)50-31(41(59)49-32(21-36(54)55)39(57)46-24-35(53)48-30(40(58)51-37)9-5-6-17-43)20-26-11-14-29(15-12-26)61-19-7-18-44-38(56)28-13-16-34(45-22-28)52-47-23-27-8-3-4-10-33(27)62/h3-4,8,10-16,22-23,25,30-32,37,62H,5-7,9,17-21,24,43H2,1-2H3,(H,44,56)(H,45,52)(H,46,57)(H,48,53)(H,49,59)(H,50,60)(H,51,58)(H,54,55)/t30?,31-,32-,37-/m1/s1. The van der Waals surface area contributed by atoms with Crippen LogP contribution in [0.4, 0.5) is 5.82 Å². The number of benzene rings is 2. The van der Waals surface area contributed by atoms with Gasteiger partial charge in [-0.1, -0.05) is 44.2 Å². The molecule has 0 bridgehead atoms. The number of carbonyl (C=O) groups excluding carboxylic acids is 6. The van der Waals surface area contributed by atoms with Crippen molar-refractivity contribution in [2.75, 3.05) is 31.7 Å². The van der Waals surface area contributed by atoms with Crippen molar-refractivity contribution >= 4 is 66.1 Å². The highest BCUT2D eigenvalue weighted by Crippen LogP contribution is 2.16. The topological polar surface area (TPSA) is 284 Å². The van der Waals surface area contributed by atoms with Crippen LogP contribution in [0.3, 0.4) is 0 Å². The van der Waals surface area contributed by atoms with Crippen molar-refractivity contribution < 1.29 is 43.4 Å². The van der Waals surface area contributed by atoms with Crippen molar-refractivity contribution in [2.24, 2.45) is 16.8 Å². The largest absolute Gasteiger partial charge is 0.494 e. The van der Waals surface area contributed by atoms with Crippen molar-refractivity contribution in [3.63, 3.8) is 0 Å². The number of nitrogens with zero attached hydrogens (tertiary/aromatic N) is 2. The molecule has 6 amide bonds. The first kappa shape index (κ1) is 48.1. The molecule has 10 N–H and O–H groups in total. The van der Waals surface area contributed by atoms with Gasteiger partial charge in [-0.25, -0.2) is 4.98 Å². The zero-order valence-electron chi connectivity index (χ0n) is 34.5. The molecule has 62 heavy (non-hydrogen) atoms. The second kappa shape index (κ2) is 24.7. The summed E-state index contributed by atoms with van der Waals surface area (Å²) < 4.78 is 5.84. The van der Waals surface area contributed by atoms with E-state index in [0.717, 1.165) is 10.5 Å². The number of thiol groups is 1. The average molecular weight is 875 g/mol. The predicted molar refractivity (Wildman–Crippen MR) is 232 cm³/mol. The van der Waals surface area contributed by atoms with Crippen LogP contribution < -0.4 is 47.8 Å². The number of ether oxygens (including phenoxy) is 1. The molecule has 1 aromatic heterocycles. The Bertz CT molecular complexity index is 2050. The lowest BCUT2D eigenvalue weighted by molar-refractivity contribution is -0.141. The number of aliphatic carboxylic acids is 1. The van der Waals surface area contributed by atoms with Crippen LogP contribution in [0, 0.1) is 5.92 Å².